The molecule has 0 fully saturated rings. The van der Waals surface area contributed by atoms with Crippen LogP contribution in [0.3, 0.4) is 0 Å². The first-order valence-electron chi connectivity index (χ1n) is 9.05. The fourth-order valence-electron chi connectivity index (χ4n) is 2.37. The maximum atomic E-state index is 11.7. The third-order valence-corrected chi connectivity index (χ3v) is 3.66. The second kappa shape index (κ2) is 15.6. The molecule has 0 aromatic heterocycles. The van der Waals surface area contributed by atoms with Crippen molar-refractivity contribution in [2.24, 2.45) is 5.90 Å². The van der Waals surface area contributed by atoms with Crippen LogP contribution in [-0.4, -0.2) is 64.2 Å². The van der Waals surface area contributed by atoms with E-state index in [1.807, 2.05) is 0 Å². The molecule has 0 heterocycles. The van der Waals surface area contributed by atoms with Crippen LogP contribution in [-0.2, 0) is 23.8 Å². The molecule has 0 radical (unpaired) electrons. The van der Waals surface area contributed by atoms with Crippen LogP contribution in [0.2, 0.25) is 0 Å². The van der Waals surface area contributed by atoms with E-state index in [1.54, 1.807) is 0 Å². The van der Waals surface area contributed by atoms with Crippen molar-refractivity contribution in [2.75, 3.05) is 46.1 Å². The summed E-state index contributed by atoms with van der Waals surface area (Å²) >= 11 is 0. The Labute approximate surface area is 154 Å². The minimum atomic E-state index is -0.392. The molecule has 0 aromatic carbocycles. The number of hydrogen-bond acceptors (Lipinski definition) is 7. The van der Waals surface area contributed by atoms with Crippen molar-refractivity contribution in [1.29, 1.82) is 0 Å². The maximum absolute atomic E-state index is 11.7. The van der Waals surface area contributed by atoms with Gasteiger partial charge in [0.15, 0.2) is 0 Å². The van der Waals surface area contributed by atoms with Gasteiger partial charge in [-0.15, -0.1) is 0 Å². The Balaban J connectivity index is 1.88. The number of carbonyl (C=O) groups excluding carboxylic acids is 2. The van der Waals surface area contributed by atoms with Crippen molar-refractivity contribution < 1.29 is 28.6 Å². The Hall–Kier alpha value is -1.68. The lowest BCUT2D eigenvalue weighted by Gasteiger charge is -2.18. The zero-order valence-electron chi connectivity index (χ0n) is 15.2. The van der Waals surface area contributed by atoms with Gasteiger partial charge in [-0.2, -0.15) is 0 Å². The van der Waals surface area contributed by atoms with Gasteiger partial charge in [0.1, 0.15) is 12.7 Å². The smallest absolute Gasteiger partial charge is 0.407 e. The third kappa shape index (κ3) is 12.6. The van der Waals surface area contributed by atoms with E-state index in [9.17, 15) is 9.59 Å². The van der Waals surface area contributed by atoms with Crippen LogP contribution in [0.15, 0.2) is 12.2 Å². The maximum Gasteiger partial charge on any atom is 0.407 e. The summed E-state index contributed by atoms with van der Waals surface area (Å²) < 4.78 is 16.1. The summed E-state index contributed by atoms with van der Waals surface area (Å²) in [4.78, 5) is 26.9. The van der Waals surface area contributed by atoms with E-state index in [4.69, 9.17) is 20.1 Å². The molecule has 0 saturated carbocycles. The highest BCUT2D eigenvalue weighted by Gasteiger charge is 2.14. The highest BCUT2D eigenvalue weighted by Crippen LogP contribution is 2.15. The lowest BCUT2D eigenvalue weighted by molar-refractivity contribution is -0.126. The van der Waals surface area contributed by atoms with Gasteiger partial charge in [-0.25, -0.2) is 10.7 Å². The number of allylic oxidation sites excluding steroid dienone is 2. The molecule has 1 aliphatic carbocycles. The normalized spacial score (nSPS) is 18.4. The number of rotatable bonds is 12. The topological polar surface area (TPSA) is 121 Å². The van der Waals surface area contributed by atoms with Gasteiger partial charge in [0, 0.05) is 13.1 Å². The van der Waals surface area contributed by atoms with Crippen molar-refractivity contribution in [2.45, 2.75) is 38.2 Å². The van der Waals surface area contributed by atoms with Crippen LogP contribution in [0.4, 0.5) is 4.79 Å². The van der Waals surface area contributed by atoms with Crippen LogP contribution in [0.1, 0.15) is 32.1 Å². The monoisotopic (exact) mass is 373 g/mol. The molecule has 0 spiro atoms. The van der Waals surface area contributed by atoms with E-state index in [2.05, 4.69) is 27.6 Å². The Morgan fingerprint density at radius 1 is 0.962 bits per heavy atom. The molecule has 2 amide bonds. The van der Waals surface area contributed by atoms with Crippen molar-refractivity contribution >= 4 is 12.0 Å². The van der Waals surface area contributed by atoms with Crippen LogP contribution >= 0.6 is 0 Å². The minimum absolute atomic E-state index is 0.00817. The second-order valence-corrected chi connectivity index (χ2v) is 5.82. The van der Waals surface area contributed by atoms with Gasteiger partial charge in [-0.1, -0.05) is 12.2 Å². The first-order valence-corrected chi connectivity index (χ1v) is 9.05. The predicted molar refractivity (Wildman–Crippen MR) is 95.3 cm³/mol. The summed E-state index contributed by atoms with van der Waals surface area (Å²) in [5, 5.41) is 5.26. The standard InChI is InChI=1S/C17H31N3O6/c18-25-14-16(21)19-8-10-23-12-13-24-11-9-20-17(22)26-15-6-4-2-1-3-5-7-15/h1-2,15H,3-14,18H2,(H,19,21)(H,20,22)/b2-1+. The van der Waals surface area contributed by atoms with Crippen molar-refractivity contribution in [3.8, 4) is 0 Å². The first kappa shape index (κ1) is 22.4. The summed E-state index contributed by atoms with van der Waals surface area (Å²) in [5.74, 6) is 4.48. The van der Waals surface area contributed by atoms with Gasteiger partial charge < -0.3 is 24.8 Å². The van der Waals surface area contributed by atoms with Crippen molar-refractivity contribution in [3.63, 3.8) is 0 Å². The number of alkyl carbamates (subject to hydrolysis) is 1. The van der Waals surface area contributed by atoms with E-state index in [-0.39, 0.29) is 18.6 Å². The highest BCUT2D eigenvalue weighted by atomic mass is 16.6. The molecular formula is C17H31N3O6. The first-order chi connectivity index (χ1) is 12.7. The second-order valence-electron chi connectivity index (χ2n) is 5.82. The van der Waals surface area contributed by atoms with Gasteiger partial charge >= 0.3 is 6.09 Å². The van der Waals surface area contributed by atoms with Crippen LogP contribution in [0.5, 0.6) is 0 Å². The molecule has 1 atom stereocenters. The van der Waals surface area contributed by atoms with Crippen molar-refractivity contribution in [3.05, 3.63) is 12.2 Å². The third-order valence-electron chi connectivity index (χ3n) is 3.66. The molecule has 1 rings (SSSR count). The molecule has 0 saturated heterocycles. The molecule has 1 aliphatic rings. The van der Waals surface area contributed by atoms with Gasteiger partial charge in [-0.05, 0) is 32.1 Å². The molecule has 1 unspecified atom stereocenters. The molecule has 0 bridgehead atoms. The number of nitrogens with one attached hydrogen (secondary N) is 2. The molecule has 26 heavy (non-hydrogen) atoms. The van der Waals surface area contributed by atoms with Crippen LogP contribution < -0.4 is 16.5 Å². The fourth-order valence-corrected chi connectivity index (χ4v) is 2.37. The lowest BCUT2D eigenvalue weighted by atomic mass is 10.0. The molecule has 150 valence electrons. The molecule has 4 N–H and O–H groups in total. The number of nitrogens with two attached hydrogens (primary N) is 1. The molecule has 9 nitrogen and oxygen atoms in total. The Kier molecular flexibility index (Phi) is 13.4. The summed E-state index contributed by atoms with van der Waals surface area (Å²) in [7, 11) is 0. The molecule has 9 heteroatoms. The van der Waals surface area contributed by atoms with Gasteiger partial charge in [0.25, 0.3) is 0 Å². The molecular weight excluding hydrogens is 342 g/mol. The Morgan fingerprint density at radius 2 is 1.65 bits per heavy atom. The number of amides is 2. The van der Waals surface area contributed by atoms with E-state index in [0.29, 0.717) is 39.5 Å². The summed E-state index contributed by atoms with van der Waals surface area (Å²) in [6.45, 7) is 2.18. The largest absolute Gasteiger partial charge is 0.446 e. The van der Waals surface area contributed by atoms with Gasteiger partial charge in [-0.3, -0.25) is 9.63 Å². The van der Waals surface area contributed by atoms with E-state index >= 15 is 0 Å². The minimum Gasteiger partial charge on any atom is -0.446 e. The quantitative estimate of drug-likeness (QED) is 0.261. The zero-order valence-corrected chi connectivity index (χ0v) is 15.2. The van der Waals surface area contributed by atoms with Crippen LogP contribution in [0.25, 0.3) is 0 Å². The van der Waals surface area contributed by atoms with Gasteiger partial charge in [0.2, 0.25) is 5.91 Å². The predicted octanol–water partition coefficient (Wildman–Crippen LogP) is 0.641. The van der Waals surface area contributed by atoms with E-state index in [0.717, 1.165) is 32.1 Å². The number of hydrogen-bond donors (Lipinski definition) is 3. The lowest BCUT2D eigenvalue weighted by Crippen LogP contribution is -2.32. The summed E-state index contributed by atoms with van der Waals surface area (Å²) in [6, 6.07) is 0. The average molecular weight is 373 g/mol. The zero-order chi connectivity index (χ0) is 18.9. The number of carbonyl (C=O) groups is 2. The van der Waals surface area contributed by atoms with E-state index < -0.39 is 6.09 Å². The Bertz CT molecular complexity index is 419. The van der Waals surface area contributed by atoms with Gasteiger partial charge in [0.05, 0.1) is 26.4 Å². The SMILES string of the molecule is NOCC(=O)NCCOCCOCCNC(=O)OC1CC/C=C/CCC1. The summed E-state index contributed by atoms with van der Waals surface area (Å²) in [6.07, 6.45) is 8.75. The fraction of sp³-hybridized carbons (Fsp3) is 0.765. The highest BCUT2D eigenvalue weighted by molar-refractivity contribution is 5.77. The Morgan fingerprint density at radius 3 is 2.38 bits per heavy atom. The average Bonchev–Trinajstić information content (AvgIpc) is 2.59. The molecule has 0 aliphatic heterocycles. The van der Waals surface area contributed by atoms with Crippen LogP contribution in [0, 0.1) is 0 Å². The van der Waals surface area contributed by atoms with Crippen molar-refractivity contribution in [1.82, 2.24) is 10.6 Å². The summed E-state index contributed by atoms with van der Waals surface area (Å²) in [5.41, 5.74) is 0. The number of ether oxygens (including phenoxy) is 3. The molecule has 0 aromatic rings. The van der Waals surface area contributed by atoms with E-state index in [1.165, 1.54) is 0 Å².